The van der Waals surface area contributed by atoms with Gasteiger partial charge in [0.1, 0.15) is 18.5 Å². The summed E-state index contributed by atoms with van der Waals surface area (Å²) in [4.78, 5) is 13.5. The number of hydrogen-bond donors (Lipinski definition) is 0. The van der Waals surface area contributed by atoms with Crippen LogP contribution in [0.2, 0.25) is 0 Å². The smallest absolute Gasteiger partial charge is 0.337 e. The molecule has 1 saturated heterocycles. The van der Waals surface area contributed by atoms with Gasteiger partial charge in [0.15, 0.2) is 0 Å². The Labute approximate surface area is 113 Å². The lowest BCUT2D eigenvalue weighted by atomic mass is 10.2. The summed E-state index contributed by atoms with van der Waals surface area (Å²) in [5.41, 5.74) is 0.517. The topological polar surface area (TPSA) is 48.0 Å². The van der Waals surface area contributed by atoms with E-state index in [1.54, 1.807) is 24.3 Å². The highest BCUT2D eigenvalue weighted by Crippen LogP contribution is 2.14. The lowest BCUT2D eigenvalue weighted by Crippen LogP contribution is -2.42. The van der Waals surface area contributed by atoms with Crippen LogP contribution in [0.15, 0.2) is 24.3 Å². The third-order valence-corrected chi connectivity index (χ3v) is 3.05. The molecule has 1 aromatic carbocycles. The number of rotatable bonds is 4. The lowest BCUT2D eigenvalue weighted by Gasteiger charge is -2.29. The van der Waals surface area contributed by atoms with E-state index in [4.69, 9.17) is 9.47 Å². The number of carbonyl (C=O) groups excluding carboxylic acids is 1. The number of likely N-dealkylation sites (N-methyl/N-ethyl adjacent to an activating group) is 1. The van der Waals surface area contributed by atoms with Gasteiger partial charge in [0, 0.05) is 13.1 Å². The summed E-state index contributed by atoms with van der Waals surface area (Å²) in [5.74, 6) is 0.383. The van der Waals surface area contributed by atoms with Gasteiger partial charge in [-0.1, -0.05) is 0 Å². The Morgan fingerprint density at radius 3 is 2.79 bits per heavy atom. The molecule has 0 radical (unpaired) electrons. The fraction of sp³-hybridized carbons (Fsp3) is 0.500. The normalized spacial score (nSPS) is 20.0. The molecule has 104 valence electrons. The summed E-state index contributed by atoms with van der Waals surface area (Å²) < 4.78 is 15.9. The number of morpholine rings is 1. The van der Waals surface area contributed by atoms with Crippen LogP contribution in [0.4, 0.5) is 0 Å². The van der Waals surface area contributed by atoms with Crippen LogP contribution in [0.1, 0.15) is 10.4 Å². The summed E-state index contributed by atoms with van der Waals surface area (Å²) in [6.07, 6.45) is 0.0963. The maximum atomic E-state index is 11.3. The molecule has 0 bridgehead atoms. The molecule has 0 spiro atoms. The predicted molar refractivity (Wildman–Crippen MR) is 70.5 cm³/mol. The van der Waals surface area contributed by atoms with Crippen molar-refractivity contribution in [3.8, 4) is 5.75 Å². The quantitative estimate of drug-likeness (QED) is 0.765. The molecule has 19 heavy (non-hydrogen) atoms. The molecule has 5 nitrogen and oxygen atoms in total. The van der Waals surface area contributed by atoms with Crippen molar-refractivity contribution in [2.45, 2.75) is 6.10 Å². The largest absolute Gasteiger partial charge is 0.491 e. The van der Waals surface area contributed by atoms with Gasteiger partial charge in [0.05, 0.1) is 19.3 Å². The molecule has 1 fully saturated rings. The maximum absolute atomic E-state index is 11.3. The van der Waals surface area contributed by atoms with Gasteiger partial charge in [0.25, 0.3) is 0 Å². The minimum absolute atomic E-state index is 0.0963. The van der Waals surface area contributed by atoms with Gasteiger partial charge in [-0.15, -0.1) is 0 Å². The molecule has 1 unspecified atom stereocenters. The zero-order valence-electron chi connectivity index (χ0n) is 11.3. The molecule has 0 aliphatic carbocycles. The first-order valence-electron chi connectivity index (χ1n) is 6.30. The second-order valence-corrected chi connectivity index (χ2v) is 4.58. The predicted octanol–water partition coefficient (Wildman–Crippen LogP) is 1.18. The van der Waals surface area contributed by atoms with Crippen LogP contribution in [0.3, 0.4) is 0 Å². The van der Waals surface area contributed by atoms with Crippen molar-refractivity contribution in [3.63, 3.8) is 0 Å². The van der Waals surface area contributed by atoms with E-state index in [9.17, 15) is 4.79 Å². The summed E-state index contributed by atoms with van der Waals surface area (Å²) >= 11 is 0. The minimum Gasteiger partial charge on any atom is -0.491 e. The molecular weight excluding hydrogens is 246 g/mol. The number of nitrogens with zero attached hydrogens (tertiary/aromatic N) is 1. The molecule has 1 atom stereocenters. The number of carbonyl (C=O) groups is 1. The fourth-order valence-corrected chi connectivity index (χ4v) is 1.96. The summed E-state index contributed by atoms with van der Waals surface area (Å²) in [6.45, 7) is 3.10. The molecule has 0 aromatic heterocycles. The van der Waals surface area contributed by atoms with Gasteiger partial charge in [-0.25, -0.2) is 4.79 Å². The van der Waals surface area contributed by atoms with Crippen molar-refractivity contribution < 1.29 is 19.0 Å². The lowest BCUT2D eigenvalue weighted by molar-refractivity contribution is -0.0403. The number of ether oxygens (including phenoxy) is 3. The number of hydrogen-bond acceptors (Lipinski definition) is 5. The van der Waals surface area contributed by atoms with Crippen LogP contribution in [-0.4, -0.2) is 57.4 Å². The highest BCUT2D eigenvalue weighted by molar-refractivity contribution is 5.89. The molecule has 0 amide bonds. The van der Waals surface area contributed by atoms with E-state index in [0.717, 1.165) is 25.4 Å². The minimum atomic E-state index is -0.344. The summed E-state index contributed by atoms with van der Waals surface area (Å²) in [7, 11) is 3.43. The molecule has 0 N–H and O–H groups in total. The van der Waals surface area contributed by atoms with Crippen LogP contribution >= 0.6 is 0 Å². The zero-order chi connectivity index (χ0) is 13.7. The van der Waals surface area contributed by atoms with Crippen molar-refractivity contribution in [1.82, 2.24) is 4.90 Å². The third-order valence-electron chi connectivity index (χ3n) is 3.05. The molecule has 1 aliphatic heterocycles. The first kappa shape index (κ1) is 13.8. The van der Waals surface area contributed by atoms with E-state index < -0.39 is 0 Å². The van der Waals surface area contributed by atoms with Crippen LogP contribution in [0.5, 0.6) is 5.75 Å². The molecular formula is C14H19NO4. The van der Waals surface area contributed by atoms with Gasteiger partial charge in [-0.2, -0.15) is 0 Å². The van der Waals surface area contributed by atoms with Gasteiger partial charge in [-0.3, -0.25) is 0 Å². The first-order chi connectivity index (χ1) is 9.19. The van der Waals surface area contributed by atoms with Crippen molar-refractivity contribution in [2.75, 3.05) is 40.5 Å². The molecule has 0 saturated carbocycles. The summed E-state index contributed by atoms with van der Waals surface area (Å²) in [5, 5.41) is 0. The van der Waals surface area contributed by atoms with E-state index in [-0.39, 0.29) is 12.1 Å². The standard InChI is InChI=1S/C14H19NO4/c1-15-7-8-18-13(9-15)10-19-12-5-3-11(4-6-12)14(16)17-2/h3-6,13H,7-10H2,1-2H3. The maximum Gasteiger partial charge on any atom is 0.337 e. The van der Waals surface area contributed by atoms with Crippen LogP contribution in [-0.2, 0) is 9.47 Å². The Hall–Kier alpha value is -1.59. The van der Waals surface area contributed by atoms with E-state index in [2.05, 4.69) is 16.7 Å². The van der Waals surface area contributed by atoms with Crippen molar-refractivity contribution in [1.29, 1.82) is 0 Å². The molecule has 2 rings (SSSR count). The highest BCUT2D eigenvalue weighted by atomic mass is 16.5. The zero-order valence-corrected chi connectivity index (χ0v) is 11.3. The number of benzene rings is 1. The van der Waals surface area contributed by atoms with Gasteiger partial charge < -0.3 is 19.1 Å². The molecule has 1 aromatic rings. The van der Waals surface area contributed by atoms with E-state index in [0.29, 0.717) is 12.2 Å². The van der Waals surface area contributed by atoms with Gasteiger partial charge in [-0.05, 0) is 31.3 Å². The Balaban J connectivity index is 1.84. The van der Waals surface area contributed by atoms with E-state index >= 15 is 0 Å². The van der Waals surface area contributed by atoms with Gasteiger partial charge in [0.2, 0.25) is 0 Å². The van der Waals surface area contributed by atoms with Crippen LogP contribution < -0.4 is 4.74 Å². The van der Waals surface area contributed by atoms with Crippen molar-refractivity contribution in [3.05, 3.63) is 29.8 Å². The molecule has 5 heteroatoms. The van der Waals surface area contributed by atoms with E-state index in [1.165, 1.54) is 7.11 Å². The Kier molecular flexibility index (Phi) is 4.76. The fourth-order valence-electron chi connectivity index (χ4n) is 1.96. The third kappa shape index (κ3) is 3.94. The Morgan fingerprint density at radius 2 is 2.16 bits per heavy atom. The molecule has 1 heterocycles. The Bertz CT molecular complexity index is 418. The van der Waals surface area contributed by atoms with Crippen LogP contribution in [0, 0.1) is 0 Å². The monoisotopic (exact) mass is 265 g/mol. The second-order valence-electron chi connectivity index (χ2n) is 4.58. The summed E-state index contributed by atoms with van der Waals surface area (Å²) in [6, 6.07) is 6.90. The number of esters is 1. The average Bonchev–Trinajstić information content (AvgIpc) is 2.45. The van der Waals surface area contributed by atoms with E-state index in [1.807, 2.05) is 0 Å². The van der Waals surface area contributed by atoms with Crippen LogP contribution in [0.25, 0.3) is 0 Å². The van der Waals surface area contributed by atoms with Crippen molar-refractivity contribution >= 4 is 5.97 Å². The Morgan fingerprint density at radius 1 is 1.42 bits per heavy atom. The van der Waals surface area contributed by atoms with Gasteiger partial charge >= 0.3 is 5.97 Å². The molecule has 1 aliphatic rings. The highest BCUT2D eigenvalue weighted by Gasteiger charge is 2.18. The number of methoxy groups -OCH3 is 1. The SMILES string of the molecule is COC(=O)c1ccc(OCC2CN(C)CCO2)cc1. The average molecular weight is 265 g/mol. The first-order valence-corrected chi connectivity index (χ1v) is 6.30. The second kappa shape index (κ2) is 6.54. The van der Waals surface area contributed by atoms with Crippen molar-refractivity contribution in [2.24, 2.45) is 0 Å².